The van der Waals surface area contributed by atoms with Gasteiger partial charge in [-0.2, -0.15) is 0 Å². The van der Waals surface area contributed by atoms with E-state index >= 15 is 0 Å². The molecule has 0 saturated carbocycles. The molecule has 0 radical (unpaired) electrons. The molecular weight excluding hydrogens is 783 g/mol. The molecule has 4 heterocycles. The Bertz CT molecular complexity index is 2500. The number of carbonyl (C=O) groups is 2. The van der Waals surface area contributed by atoms with Crippen LogP contribution in [0.25, 0.3) is 10.9 Å². The number of carbonyl (C=O) groups excluding carboxylic acids is 2. The molecule has 320 valence electrons. The SMILES string of the molecule is O=C(C[C@@H](c1ccccc1)c1cccc(OCc2ccc(C(=O)OCCCc3ccc(CNC[C@H](O)c4ccc(O)c5[nH]c(=O)ccc45)cc3)cc2)c1)O[C@H]1CN2CCC1CC2. The first-order valence-corrected chi connectivity index (χ1v) is 21.5. The number of aromatic amines is 1. The summed E-state index contributed by atoms with van der Waals surface area (Å²) in [7, 11) is 0. The molecule has 0 unspecified atom stereocenters. The molecule has 4 N–H and O–H groups in total. The second-order valence-corrected chi connectivity index (χ2v) is 16.4. The summed E-state index contributed by atoms with van der Waals surface area (Å²) in [5, 5.41) is 24.8. The number of aryl methyl sites for hydroxylation is 1. The molecule has 3 atom stereocenters. The van der Waals surface area contributed by atoms with Crippen molar-refractivity contribution in [3.8, 4) is 11.5 Å². The number of H-pyrrole nitrogens is 1. The van der Waals surface area contributed by atoms with Gasteiger partial charge in [-0.1, -0.05) is 84.9 Å². The van der Waals surface area contributed by atoms with Gasteiger partial charge in [0.2, 0.25) is 5.56 Å². The van der Waals surface area contributed by atoms with Gasteiger partial charge in [-0.3, -0.25) is 14.5 Å². The molecule has 0 aliphatic carbocycles. The third kappa shape index (κ3) is 10.8. The lowest BCUT2D eigenvalue weighted by molar-refractivity contribution is -0.159. The highest BCUT2D eigenvalue weighted by molar-refractivity contribution is 5.89. The number of pyridine rings is 1. The average Bonchev–Trinajstić information content (AvgIpc) is 3.30. The first-order chi connectivity index (χ1) is 30.3. The molecule has 3 aliphatic heterocycles. The number of aliphatic hydroxyl groups excluding tert-OH is 1. The van der Waals surface area contributed by atoms with E-state index < -0.39 is 6.10 Å². The number of phenols is 1. The molecule has 3 fully saturated rings. The monoisotopic (exact) mass is 835 g/mol. The minimum absolute atomic E-state index is 0.0245. The summed E-state index contributed by atoms with van der Waals surface area (Å²) in [5.74, 6) is 0.400. The molecule has 2 bridgehead atoms. The summed E-state index contributed by atoms with van der Waals surface area (Å²) in [6.45, 7) is 4.48. The van der Waals surface area contributed by atoms with Gasteiger partial charge in [-0.25, -0.2) is 4.79 Å². The van der Waals surface area contributed by atoms with Gasteiger partial charge in [0.1, 0.15) is 24.2 Å². The van der Waals surface area contributed by atoms with E-state index in [2.05, 4.69) is 27.3 Å². The van der Waals surface area contributed by atoms with Crippen LogP contribution in [0.2, 0.25) is 0 Å². The Kier molecular flexibility index (Phi) is 13.7. The number of esters is 2. The van der Waals surface area contributed by atoms with E-state index in [0.29, 0.717) is 59.9 Å². The van der Waals surface area contributed by atoms with Crippen LogP contribution in [0.5, 0.6) is 11.5 Å². The average molecular weight is 836 g/mol. The first kappa shape index (κ1) is 42.4. The number of nitrogens with one attached hydrogen (secondary N) is 2. The van der Waals surface area contributed by atoms with Crippen molar-refractivity contribution in [3.63, 3.8) is 0 Å². The zero-order valence-electron chi connectivity index (χ0n) is 34.7. The second-order valence-electron chi connectivity index (χ2n) is 16.4. The maximum Gasteiger partial charge on any atom is 0.338 e. The molecule has 3 saturated heterocycles. The van der Waals surface area contributed by atoms with E-state index in [9.17, 15) is 24.6 Å². The Morgan fingerprint density at radius 1 is 0.823 bits per heavy atom. The number of benzene rings is 5. The Morgan fingerprint density at radius 3 is 2.32 bits per heavy atom. The summed E-state index contributed by atoms with van der Waals surface area (Å²) in [4.78, 5) is 42.9. The number of hydrogen-bond donors (Lipinski definition) is 4. The van der Waals surface area contributed by atoms with Crippen molar-refractivity contribution in [2.75, 3.05) is 32.8 Å². The third-order valence-corrected chi connectivity index (χ3v) is 12.1. The topological polar surface area (TPSA) is 150 Å². The quantitative estimate of drug-likeness (QED) is 0.0504. The van der Waals surface area contributed by atoms with Gasteiger partial charge in [0.25, 0.3) is 0 Å². The fourth-order valence-electron chi connectivity index (χ4n) is 8.63. The molecule has 6 aromatic rings. The zero-order chi connectivity index (χ0) is 42.8. The van der Waals surface area contributed by atoms with Crippen LogP contribution in [0.1, 0.15) is 81.4 Å². The highest BCUT2D eigenvalue weighted by atomic mass is 16.5. The van der Waals surface area contributed by atoms with Gasteiger partial charge < -0.3 is 34.7 Å². The number of ether oxygens (including phenoxy) is 3. The molecule has 1 aromatic heterocycles. The Labute approximate surface area is 361 Å². The van der Waals surface area contributed by atoms with Gasteiger partial charge >= 0.3 is 11.9 Å². The molecule has 11 nitrogen and oxygen atoms in total. The normalized spacial score (nSPS) is 17.9. The fourth-order valence-corrected chi connectivity index (χ4v) is 8.63. The predicted molar refractivity (Wildman–Crippen MR) is 237 cm³/mol. The molecule has 5 aromatic carbocycles. The van der Waals surface area contributed by atoms with Gasteiger partial charge in [0.05, 0.1) is 30.2 Å². The van der Waals surface area contributed by atoms with Gasteiger partial charge in [0.15, 0.2) is 0 Å². The van der Waals surface area contributed by atoms with Crippen LogP contribution < -0.4 is 15.6 Å². The van der Waals surface area contributed by atoms with Crippen LogP contribution in [0.15, 0.2) is 132 Å². The molecule has 9 rings (SSSR count). The Balaban J connectivity index is 0.762. The van der Waals surface area contributed by atoms with Gasteiger partial charge in [-0.05, 0) is 114 Å². The van der Waals surface area contributed by atoms with E-state index in [4.69, 9.17) is 14.2 Å². The van der Waals surface area contributed by atoms with Crippen LogP contribution in [-0.2, 0) is 33.8 Å². The highest BCUT2D eigenvalue weighted by Crippen LogP contribution is 2.34. The summed E-state index contributed by atoms with van der Waals surface area (Å²) in [5.41, 5.74) is 6.20. The van der Waals surface area contributed by atoms with Crippen molar-refractivity contribution >= 4 is 22.8 Å². The van der Waals surface area contributed by atoms with Gasteiger partial charge in [0, 0.05) is 37.0 Å². The van der Waals surface area contributed by atoms with Crippen LogP contribution >= 0.6 is 0 Å². The van der Waals surface area contributed by atoms with E-state index in [1.165, 1.54) is 12.1 Å². The van der Waals surface area contributed by atoms with Crippen molar-refractivity contribution in [3.05, 3.63) is 177 Å². The number of aliphatic hydroxyl groups is 1. The first-order valence-electron chi connectivity index (χ1n) is 21.5. The number of aromatic nitrogens is 1. The summed E-state index contributed by atoms with van der Waals surface area (Å²) < 4.78 is 17.9. The molecule has 3 aliphatic rings. The minimum Gasteiger partial charge on any atom is -0.506 e. The van der Waals surface area contributed by atoms with Crippen molar-refractivity contribution in [1.82, 2.24) is 15.2 Å². The summed E-state index contributed by atoms with van der Waals surface area (Å²) >= 11 is 0. The molecule has 0 spiro atoms. The van der Waals surface area contributed by atoms with Crippen molar-refractivity contribution in [1.29, 1.82) is 0 Å². The van der Waals surface area contributed by atoms with Crippen molar-refractivity contribution in [2.45, 2.75) is 63.4 Å². The summed E-state index contributed by atoms with van der Waals surface area (Å²) in [6, 6.07) is 39.5. The van der Waals surface area contributed by atoms with E-state index in [1.807, 2.05) is 78.9 Å². The number of nitrogens with zero attached hydrogens (tertiary/aromatic N) is 1. The standard InChI is InChI=1S/C51H53N3O8/c55-45-21-19-42(43-20-22-48(57)53-50(43)45)46(56)31-52-30-35-13-11-34(12-14-35)6-5-27-60-51(59)39-17-15-36(16-18-39)33-61-41-10-4-9-40(28-41)44(37-7-2-1-3-8-37)29-49(58)62-47-32-54-25-23-38(47)24-26-54/h1-4,7-22,28,38,44,46-47,52,55-56H,5-6,23-27,29-33H2,(H,53,57)/t44-,46-,47-/m0/s1. The molecule has 11 heteroatoms. The summed E-state index contributed by atoms with van der Waals surface area (Å²) in [6.07, 6.45) is 3.01. The van der Waals surface area contributed by atoms with Crippen LogP contribution in [0.3, 0.4) is 0 Å². The van der Waals surface area contributed by atoms with Crippen LogP contribution in [-0.4, -0.2) is 70.9 Å². The largest absolute Gasteiger partial charge is 0.506 e. The van der Waals surface area contributed by atoms with Crippen LogP contribution in [0.4, 0.5) is 0 Å². The number of phenolic OH excluding ortho intramolecular Hbond substituents is 1. The molecule has 0 amide bonds. The number of hydrogen-bond acceptors (Lipinski definition) is 10. The Morgan fingerprint density at radius 2 is 1.56 bits per heavy atom. The van der Waals surface area contributed by atoms with Gasteiger partial charge in [-0.15, -0.1) is 0 Å². The van der Waals surface area contributed by atoms with Crippen molar-refractivity contribution in [2.24, 2.45) is 5.92 Å². The Hall–Kier alpha value is -6.27. The van der Waals surface area contributed by atoms with E-state index in [0.717, 1.165) is 66.7 Å². The molecule has 62 heavy (non-hydrogen) atoms. The fraction of sp³-hybridized carbons (Fsp3) is 0.314. The lowest BCUT2D eigenvalue weighted by Crippen LogP contribution is -2.52. The second kappa shape index (κ2) is 20.1. The number of piperidine rings is 3. The zero-order valence-corrected chi connectivity index (χ0v) is 34.7. The lowest BCUT2D eigenvalue weighted by atomic mass is 9.85. The third-order valence-electron chi connectivity index (χ3n) is 12.1. The lowest BCUT2D eigenvalue weighted by Gasteiger charge is -2.44. The number of rotatable bonds is 18. The smallest absolute Gasteiger partial charge is 0.338 e. The minimum atomic E-state index is -0.836. The highest BCUT2D eigenvalue weighted by Gasteiger charge is 2.37. The van der Waals surface area contributed by atoms with E-state index in [-0.39, 0.29) is 48.2 Å². The van der Waals surface area contributed by atoms with Crippen LogP contribution in [0, 0.1) is 5.92 Å². The maximum atomic E-state index is 13.3. The maximum absolute atomic E-state index is 13.3. The predicted octanol–water partition coefficient (Wildman–Crippen LogP) is 7.58. The van der Waals surface area contributed by atoms with E-state index in [1.54, 1.807) is 24.3 Å². The molecular formula is C51H53N3O8. The van der Waals surface area contributed by atoms with Crippen molar-refractivity contribution < 1.29 is 34.0 Å². The number of aromatic hydroxyl groups is 1. The number of fused-ring (bicyclic) bond motifs is 4.